The molecule has 1 aliphatic rings. The maximum Gasteiger partial charge on any atom is 0.128 e. The third-order valence-corrected chi connectivity index (χ3v) is 5.93. The molecule has 0 bridgehead atoms. The smallest absolute Gasteiger partial charge is 0.128 e. The number of hydrogen-bond acceptors (Lipinski definition) is 1. The van der Waals surface area contributed by atoms with Crippen LogP contribution in [0.2, 0.25) is 0 Å². The SMILES string of the molecule is CCC[C@H](O)C[NH+](Cc1cccn1Cc1ccccc1F)C1CCCCC1. The number of aliphatic hydroxyl groups excluding tert-OH is 1. The Kier molecular flexibility index (Phi) is 7.48. The molecule has 3 rings (SSSR count). The van der Waals surface area contributed by atoms with Crippen LogP contribution in [-0.4, -0.2) is 28.4 Å². The second-order valence-corrected chi connectivity index (χ2v) is 8.04. The van der Waals surface area contributed by atoms with Crippen molar-refractivity contribution in [3.05, 3.63) is 59.7 Å². The molecule has 0 aliphatic heterocycles. The molecule has 0 radical (unpaired) electrons. The van der Waals surface area contributed by atoms with Gasteiger partial charge in [-0.05, 0) is 50.3 Å². The number of nitrogens with zero attached hydrogens (tertiary/aromatic N) is 1. The molecule has 1 fully saturated rings. The Balaban J connectivity index is 1.73. The van der Waals surface area contributed by atoms with E-state index < -0.39 is 0 Å². The van der Waals surface area contributed by atoms with Gasteiger partial charge in [0, 0.05) is 11.8 Å². The monoisotopic (exact) mass is 373 g/mol. The molecule has 1 aliphatic carbocycles. The number of halogens is 1. The van der Waals surface area contributed by atoms with Crippen molar-refractivity contribution in [2.24, 2.45) is 0 Å². The molecule has 2 aromatic rings. The summed E-state index contributed by atoms with van der Waals surface area (Å²) in [5, 5.41) is 10.4. The molecule has 0 saturated heterocycles. The van der Waals surface area contributed by atoms with E-state index in [-0.39, 0.29) is 11.9 Å². The van der Waals surface area contributed by atoms with Crippen LogP contribution in [0.5, 0.6) is 0 Å². The highest BCUT2D eigenvalue weighted by molar-refractivity contribution is 5.19. The van der Waals surface area contributed by atoms with E-state index in [9.17, 15) is 9.50 Å². The topological polar surface area (TPSA) is 29.6 Å². The largest absolute Gasteiger partial charge is 0.387 e. The van der Waals surface area contributed by atoms with Crippen LogP contribution in [0.25, 0.3) is 0 Å². The number of aliphatic hydroxyl groups is 1. The lowest BCUT2D eigenvalue weighted by Crippen LogP contribution is -3.15. The van der Waals surface area contributed by atoms with Crippen molar-refractivity contribution in [3.8, 4) is 0 Å². The van der Waals surface area contributed by atoms with E-state index in [2.05, 4.69) is 23.6 Å². The molecule has 0 amide bonds. The fourth-order valence-corrected chi connectivity index (χ4v) is 4.44. The first-order valence-electron chi connectivity index (χ1n) is 10.6. The molecule has 1 aromatic heterocycles. The van der Waals surface area contributed by atoms with Gasteiger partial charge < -0.3 is 14.6 Å². The maximum atomic E-state index is 14.1. The molecule has 1 unspecified atom stereocenters. The minimum absolute atomic E-state index is 0.146. The third-order valence-electron chi connectivity index (χ3n) is 5.93. The Morgan fingerprint density at radius 1 is 1.15 bits per heavy atom. The molecule has 2 N–H and O–H groups in total. The Bertz CT molecular complexity index is 693. The molecule has 1 saturated carbocycles. The predicted molar refractivity (Wildman–Crippen MR) is 107 cm³/mol. The van der Waals surface area contributed by atoms with E-state index in [1.165, 1.54) is 48.8 Å². The normalized spacial score (nSPS) is 17.7. The van der Waals surface area contributed by atoms with Crippen molar-refractivity contribution in [1.29, 1.82) is 0 Å². The molecule has 2 atom stereocenters. The van der Waals surface area contributed by atoms with E-state index in [0.717, 1.165) is 31.5 Å². The highest BCUT2D eigenvalue weighted by atomic mass is 19.1. The van der Waals surface area contributed by atoms with Gasteiger partial charge in [-0.2, -0.15) is 0 Å². The van der Waals surface area contributed by atoms with Crippen LogP contribution in [0.15, 0.2) is 42.6 Å². The second-order valence-electron chi connectivity index (χ2n) is 8.04. The second kappa shape index (κ2) is 10.0. The maximum absolute atomic E-state index is 14.1. The zero-order valence-corrected chi connectivity index (χ0v) is 16.5. The molecule has 27 heavy (non-hydrogen) atoms. The zero-order valence-electron chi connectivity index (χ0n) is 16.5. The highest BCUT2D eigenvalue weighted by Gasteiger charge is 2.27. The van der Waals surface area contributed by atoms with Crippen molar-refractivity contribution in [2.45, 2.75) is 77.1 Å². The number of hydrogen-bond donors (Lipinski definition) is 2. The summed E-state index contributed by atoms with van der Waals surface area (Å²) in [6, 6.07) is 11.8. The van der Waals surface area contributed by atoms with E-state index in [1.807, 2.05) is 18.3 Å². The Labute approximate surface area is 162 Å². The lowest BCUT2D eigenvalue weighted by atomic mass is 9.93. The zero-order chi connectivity index (χ0) is 19.1. The van der Waals surface area contributed by atoms with Gasteiger partial charge in [0.15, 0.2) is 0 Å². The van der Waals surface area contributed by atoms with E-state index in [1.54, 1.807) is 6.07 Å². The number of nitrogens with one attached hydrogen (secondary N) is 1. The summed E-state index contributed by atoms with van der Waals surface area (Å²) < 4.78 is 16.2. The molecular weight excluding hydrogens is 339 g/mol. The Hall–Kier alpha value is -1.65. The van der Waals surface area contributed by atoms with Crippen molar-refractivity contribution < 1.29 is 14.4 Å². The van der Waals surface area contributed by atoms with E-state index >= 15 is 0 Å². The summed E-state index contributed by atoms with van der Waals surface area (Å²) in [6.45, 7) is 4.39. The fourth-order valence-electron chi connectivity index (χ4n) is 4.44. The number of rotatable bonds is 9. The van der Waals surface area contributed by atoms with Gasteiger partial charge >= 0.3 is 0 Å². The van der Waals surface area contributed by atoms with Gasteiger partial charge in [-0.3, -0.25) is 0 Å². The molecule has 148 valence electrons. The molecule has 0 spiro atoms. The summed E-state index contributed by atoms with van der Waals surface area (Å²) in [4.78, 5) is 1.49. The van der Waals surface area contributed by atoms with E-state index in [0.29, 0.717) is 12.6 Å². The Morgan fingerprint density at radius 3 is 2.67 bits per heavy atom. The summed E-state index contributed by atoms with van der Waals surface area (Å²) in [7, 11) is 0. The number of quaternary nitrogens is 1. The first-order valence-corrected chi connectivity index (χ1v) is 10.6. The summed E-state index contributed by atoms with van der Waals surface area (Å²) >= 11 is 0. The third kappa shape index (κ3) is 5.66. The average molecular weight is 374 g/mol. The highest BCUT2D eigenvalue weighted by Crippen LogP contribution is 2.17. The molecule has 4 heteroatoms. The average Bonchev–Trinajstić information content (AvgIpc) is 3.11. The minimum Gasteiger partial charge on any atom is -0.387 e. The van der Waals surface area contributed by atoms with E-state index in [4.69, 9.17) is 0 Å². The van der Waals surface area contributed by atoms with Gasteiger partial charge in [0.25, 0.3) is 0 Å². The number of aromatic nitrogens is 1. The van der Waals surface area contributed by atoms with Gasteiger partial charge in [0.1, 0.15) is 25.0 Å². The van der Waals surface area contributed by atoms with Crippen LogP contribution < -0.4 is 4.90 Å². The van der Waals surface area contributed by atoms with Crippen molar-refractivity contribution in [2.75, 3.05) is 6.54 Å². The van der Waals surface area contributed by atoms with Crippen molar-refractivity contribution in [3.63, 3.8) is 0 Å². The van der Waals surface area contributed by atoms with Crippen molar-refractivity contribution in [1.82, 2.24) is 4.57 Å². The predicted octanol–water partition coefficient (Wildman–Crippen LogP) is 3.55. The minimum atomic E-state index is -0.234. The first kappa shape index (κ1) is 20.1. The van der Waals surface area contributed by atoms with Gasteiger partial charge in [-0.15, -0.1) is 0 Å². The van der Waals surface area contributed by atoms with Gasteiger partial charge in [0.2, 0.25) is 0 Å². The standard InChI is InChI=1S/C23H33FN2O/c1-2-9-22(27)18-26(20-11-4-3-5-12-20)17-21-13-8-15-25(21)16-19-10-6-7-14-23(19)24/h6-8,10,13-15,20,22,27H,2-5,9,11-12,16-18H2,1H3/p+1/t22-/m0/s1. The van der Waals surface area contributed by atoms with Crippen LogP contribution in [0, 0.1) is 5.82 Å². The lowest BCUT2D eigenvalue weighted by Gasteiger charge is -2.33. The fraction of sp³-hybridized carbons (Fsp3) is 0.565. The van der Waals surface area contributed by atoms with Gasteiger partial charge in [-0.25, -0.2) is 4.39 Å². The summed E-state index contributed by atoms with van der Waals surface area (Å²) in [6.07, 6.45) is 10.1. The van der Waals surface area contributed by atoms with Crippen LogP contribution in [0.4, 0.5) is 4.39 Å². The quantitative estimate of drug-likeness (QED) is 0.692. The van der Waals surface area contributed by atoms with Gasteiger partial charge in [0.05, 0.1) is 18.3 Å². The van der Waals surface area contributed by atoms with Crippen LogP contribution >= 0.6 is 0 Å². The summed E-state index contributed by atoms with van der Waals surface area (Å²) in [5.74, 6) is -0.146. The lowest BCUT2D eigenvalue weighted by molar-refractivity contribution is -0.943. The van der Waals surface area contributed by atoms with Crippen molar-refractivity contribution >= 4 is 0 Å². The molecule has 1 heterocycles. The molecular formula is C23H34FN2O+. The summed E-state index contributed by atoms with van der Waals surface area (Å²) in [5.41, 5.74) is 1.95. The van der Waals surface area contributed by atoms with Crippen LogP contribution in [0.1, 0.15) is 63.1 Å². The van der Waals surface area contributed by atoms with Crippen LogP contribution in [0.3, 0.4) is 0 Å². The Morgan fingerprint density at radius 2 is 1.93 bits per heavy atom. The first-order chi connectivity index (χ1) is 13.2. The molecule has 1 aromatic carbocycles. The van der Waals surface area contributed by atoms with Crippen LogP contribution in [-0.2, 0) is 13.1 Å². The molecule has 3 nitrogen and oxygen atoms in total. The van der Waals surface area contributed by atoms with Gasteiger partial charge in [-0.1, -0.05) is 38.0 Å². The number of benzene rings is 1.